The van der Waals surface area contributed by atoms with E-state index in [2.05, 4.69) is 32.9 Å². The number of pyridine rings is 1. The lowest BCUT2D eigenvalue weighted by Gasteiger charge is -2.07. The maximum Gasteiger partial charge on any atom is 0.230 e. The number of amides is 1. The van der Waals surface area contributed by atoms with E-state index in [-0.39, 0.29) is 12.3 Å². The number of nitrogens with one attached hydrogen (secondary N) is 1. The van der Waals surface area contributed by atoms with Crippen molar-refractivity contribution in [1.82, 2.24) is 4.98 Å². The van der Waals surface area contributed by atoms with Crippen LogP contribution in [0.15, 0.2) is 36.5 Å². The molecule has 1 aromatic carbocycles. The number of hydrogen-bond donors (Lipinski definition) is 2. The molecule has 2 rings (SSSR count). The fourth-order valence-electron chi connectivity index (χ4n) is 1.49. The van der Waals surface area contributed by atoms with Crippen LogP contribution in [0.5, 0.6) is 0 Å². The van der Waals surface area contributed by atoms with Crippen molar-refractivity contribution in [2.45, 2.75) is 6.42 Å². The molecule has 0 saturated carbocycles. The van der Waals surface area contributed by atoms with E-state index in [9.17, 15) is 4.79 Å². The summed E-state index contributed by atoms with van der Waals surface area (Å²) in [5, 5.41) is 3.27. The van der Waals surface area contributed by atoms with Gasteiger partial charge in [-0.2, -0.15) is 0 Å². The summed E-state index contributed by atoms with van der Waals surface area (Å²) < 4.78 is 1.01. The van der Waals surface area contributed by atoms with Gasteiger partial charge in [0.2, 0.25) is 5.91 Å². The molecule has 0 atom stereocenters. The van der Waals surface area contributed by atoms with Crippen molar-refractivity contribution in [1.29, 1.82) is 0 Å². The number of nitrogen functional groups attached to an aromatic ring is 1. The Morgan fingerprint density at radius 3 is 2.79 bits per heavy atom. The van der Waals surface area contributed by atoms with Crippen LogP contribution < -0.4 is 11.1 Å². The molecule has 0 spiro atoms. The van der Waals surface area contributed by atoms with Crippen molar-refractivity contribution in [2.75, 3.05) is 11.1 Å². The van der Waals surface area contributed by atoms with Gasteiger partial charge in [0.25, 0.3) is 0 Å². The smallest absolute Gasteiger partial charge is 0.230 e. The Morgan fingerprint density at radius 1 is 1.37 bits per heavy atom. The molecule has 19 heavy (non-hydrogen) atoms. The number of hydrogen-bond acceptors (Lipinski definition) is 3. The van der Waals surface area contributed by atoms with Gasteiger partial charge in [0.05, 0.1) is 29.0 Å². The Kier molecular flexibility index (Phi) is 4.60. The Balaban J connectivity index is 2.03. The summed E-state index contributed by atoms with van der Waals surface area (Å²) in [5.74, 6) is -0.166. The Hall–Kier alpha value is -1.34. The van der Waals surface area contributed by atoms with Crippen LogP contribution >= 0.6 is 34.2 Å². The third-order valence-electron chi connectivity index (χ3n) is 2.39. The third kappa shape index (κ3) is 4.07. The lowest BCUT2D eigenvalue weighted by atomic mass is 10.2. The molecule has 0 unspecified atom stereocenters. The highest BCUT2D eigenvalue weighted by Gasteiger charge is 2.08. The van der Waals surface area contributed by atoms with Crippen LogP contribution in [0.2, 0.25) is 5.02 Å². The average molecular weight is 388 g/mol. The molecule has 1 heterocycles. The van der Waals surface area contributed by atoms with Gasteiger partial charge in [-0.15, -0.1) is 0 Å². The number of halogens is 2. The first-order valence-corrected chi connectivity index (χ1v) is 6.95. The quantitative estimate of drug-likeness (QED) is 0.795. The molecule has 1 amide bonds. The van der Waals surface area contributed by atoms with Gasteiger partial charge >= 0.3 is 0 Å². The first kappa shape index (κ1) is 14.1. The van der Waals surface area contributed by atoms with E-state index in [4.69, 9.17) is 17.3 Å². The lowest BCUT2D eigenvalue weighted by Crippen LogP contribution is -2.15. The van der Waals surface area contributed by atoms with Crippen molar-refractivity contribution in [2.24, 2.45) is 0 Å². The molecule has 2 aromatic rings. The van der Waals surface area contributed by atoms with Crippen molar-refractivity contribution >= 4 is 51.5 Å². The second-order valence-corrected chi connectivity index (χ2v) is 5.58. The van der Waals surface area contributed by atoms with Gasteiger partial charge in [0.1, 0.15) is 0 Å². The van der Waals surface area contributed by atoms with Gasteiger partial charge in [-0.1, -0.05) is 11.6 Å². The van der Waals surface area contributed by atoms with Gasteiger partial charge in [-0.3, -0.25) is 9.78 Å². The van der Waals surface area contributed by atoms with E-state index in [0.717, 1.165) is 3.57 Å². The number of nitrogens with two attached hydrogens (primary N) is 1. The number of benzene rings is 1. The van der Waals surface area contributed by atoms with Gasteiger partial charge < -0.3 is 11.1 Å². The monoisotopic (exact) mass is 387 g/mol. The van der Waals surface area contributed by atoms with E-state index in [0.29, 0.717) is 22.1 Å². The summed E-state index contributed by atoms with van der Waals surface area (Å²) in [6.45, 7) is 0. The SMILES string of the molecule is Nc1ccc(CC(=O)Nc2ccc(I)cc2Cl)nc1. The molecule has 0 fully saturated rings. The van der Waals surface area contributed by atoms with Crippen molar-refractivity contribution in [3.05, 3.63) is 50.8 Å². The Bertz CT molecular complexity index is 601. The third-order valence-corrected chi connectivity index (χ3v) is 3.38. The molecule has 0 aliphatic rings. The Morgan fingerprint density at radius 2 is 2.16 bits per heavy atom. The molecule has 6 heteroatoms. The fraction of sp³-hybridized carbons (Fsp3) is 0.0769. The lowest BCUT2D eigenvalue weighted by molar-refractivity contribution is -0.115. The summed E-state index contributed by atoms with van der Waals surface area (Å²) in [7, 11) is 0. The summed E-state index contributed by atoms with van der Waals surface area (Å²) in [6, 6.07) is 8.89. The largest absolute Gasteiger partial charge is 0.397 e. The normalized spacial score (nSPS) is 10.2. The van der Waals surface area contributed by atoms with Crippen LogP contribution in [0.1, 0.15) is 5.69 Å². The molecule has 1 aromatic heterocycles. The molecule has 0 aliphatic heterocycles. The minimum Gasteiger partial charge on any atom is -0.397 e. The highest BCUT2D eigenvalue weighted by molar-refractivity contribution is 14.1. The molecule has 0 aliphatic carbocycles. The van der Waals surface area contributed by atoms with E-state index in [1.165, 1.54) is 6.20 Å². The molecule has 98 valence electrons. The predicted molar refractivity (Wildman–Crippen MR) is 85.2 cm³/mol. The van der Waals surface area contributed by atoms with Crippen LogP contribution in [-0.2, 0) is 11.2 Å². The van der Waals surface area contributed by atoms with Crippen molar-refractivity contribution < 1.29 is 4.79 Å². The molecule has 0 bridgehead atoms. The van der Waals surface area contributed by atoms with Crippen LogP contribution in [0, 0.1) is 3.57 Å². The summed E-state index contributed by atoms with van der Waals surface area (Å²) in [6.07, 6.45) is 1.71. The van der Waals surface area contributed by atoms with E-state index in [1.807, 2.05) is 6.07 Å². The molecule has 0 saturated heterocycles. The average Bonchev–Trinajstić information content (AvgIpc) is 2.36. The minimum absolute atomic E-state index is 0.166. The second kappa shape index (κ2) is 6.21. The van der Waals surface area contributed by atoms with Crippen LogP contribution in [0.4, 0.5) is 11.4 Å². The highest BCUT2D eigenvalue weighted by Crippen LogP contribution is 2.23. The fourth-order valence-corrected chi connectivity index (χ4v) is 2.39. The summed E-state index contributed by atoms with van der Waals surface area (Å²) >= 11 is 8.20. The van der Waals surface area contributed by atoms with Gasteiger partial charge in [0, 0.05) is 9.26 Å². The molecular weight excluding hydrogens is 377 g/mol. The second-order valence-electron chi connectivity index (χ2n) is 3.93. The number of anilines is 2. The molecule has 0 radical (unpaired) electrons. The highest BCUT2D eigenvalue weighted by atomic mass is 127. The van der Waals surface area contributed by atoms with Crippen molar-refractivity contribution in [3.63, 3.8) is 0 Å². The van der Waals surface area contributed by atoms with Crippen molar-refractivity contribution in [3.8, 4) is 0 Å². The number of carbonyl (C=O) groups excluding carboxylic acids is 1. The summed E-state index contributed by atoms with van der Waals surface area (Å²) in [4.78, 5) is 15.9. The first-order chi connectivity index (χ1) is 9.04. The Labute approximate surface area is 129 Å². The van der Waals surface area contributed by atoms with E-state index < -0.39 is 0 Å². The number of carbonyl (C=O) groups is 1. The molecular formula is C13H11ClIN3O. The van der Waals surface area contributed by atoms with Gasteiger partial charge in [0.15, 0.2) is 0 Å². The first-order valence-electron chi connectivity index (χ1n) is 5.50. The van der Waals surface area contributed by atoms with E-state index >= 15 is 0 Å². The van der Waals surface area contributed by atoms with Gasteiger partial charge in [-0.25, -0.2) is 0 Å². The van der Waals surface area contributed by atoms with E-state index in [1.54, 1.807) is 24.3 Å². The maximum atomic E-state index is 11.9. The zero-order valence-corrected chi connectivity index (χ0v) is 12.8. The number of aromatic nitrogens is 1. The maximum absolute atomic E-state index is 11.9. The van der Waals surface area contributed by atoms with Crippen LogP contribution in [-0.4, -0.2) is 10.9 Å². The zero-order valence-electron chi connectivity index (χ0n) is 9.86. The number of rotatable bonds is 3. The number of nitrogens with zero attached hydrogens (tertiary/aromatic N) is 1. The summed E-state index contributed by atoms with van der Waals surface area (Å²) in [5.41, 5.74) is 7.37. The zero-order chi connectivity index (χ0) is 13.8. The van der Waals surface area contributed by atoms with Gasteiger partial charge in [-0.05, 0) is 52.9 Å². The predicted octanol–water partition coefficient (Wildman–Crippen LogP) is 3.10. The topological polar surface area (TPSA) is 68.0 Å². The standard InChI is InChI=1S/C13H11ClIN3O/c14-11-5-8(15)1-4-12(11)18-13(19)6-10-3-2-9(16)7-17-10/h1-5,7H,6,16H2,(H,18,19). The molecule has 3 N–H and O–H groups in total. The minimum atomic E-state index is -0.166. The molecule has 4 nitrogen and oxygen atoms in total. The van der Waals surface area contributed by atoms with Crippen LogP contribution in [0.3, 0.4) is 0 Å². The van der Waals surface area contributed by atoms with Crippen LogP contribution in [0.25, 0.3) is 0 Å².